The van der Waals surface area contributed by atoms with Crippen LogP contribution in [0.5, 0.6) is 11.5 Å². The molecule has 2 heterocycles. The molecule has 3 unspecified atom stereocenters. The van der Waals surface area contributed by atoms with Gasteiger partial charge in [-0.3, -0.25) is 0 Å². The lowest BCUT2D eigenvalue weighted by molar-refractivity contribution is -0.0663. The highest BCUT2D eigenvalue weighted by molar-refractivity contribution is 5.90. The van der Waals surface area contributed by atoms with E-state index in [2.05, 4.69) is 4.99 Å². The summed E-state index contributed by atoms with van der Waals surface area (Å²) >= 11 is 0. The molecule has 1 aromatic carbocycles. The Morgan fingerprint density at radius 2 is 2.08 bits per heavy atom. The van der Waals surface area contributed by atoms with Crippen molar-refractivity contribution in [3.63, 3.8) is 0 Å². The van der Waals surface area contributed by atoms with Crippen LogP contribution in [0.15, 0.2) is 29.5 Å². The Morgan fingerprint density at radius 1 is 1.32 bits per heavy atom. The molecule has 3 atom stereocenters. The molecular formula is C18H23NO6. The van der Waals surface area contributed by atoms with Gasteiger partial charge >= 0.3 is 0 Å². The fourth-order valence-electron chi connectivity index (χ4n) is 2.86. The lowest BCUT2D eigenvalue weighted by Crippen LogP contribution is -2.40. The van der Waals surface area contributed by atoms with Gasteiger partial charge in [0.25, 0.3) is 0 Å². The largest absolute Gasteiger partial charge is 0.491 e. The number of rotatable bonds is 6. The summed E-state index contributed by atoms with van der Waals surface area (Å²) in [5.74, 6) is 1.34. The third-order valence-corrected chi connectivity index (χ3v) is 4.41. The first kappa shape index (κ1) is 17.7. The van der Waals surface area contributed by atoms with Gasteiger partial charge in [-0.05, 0) is 26.0 Å². The first-order chi connectivity index (χ1) is 11.9. The molecule has 1 aromatic rings. The molecule has 7 heteroatoms. The Hall–Kier alpha value is -2.09. The fourth-order valence-corrected chi connectivity index (χ4v) is 2.86. The van der Waals surface area contributed by atoms with Crippen LogP contribution >= 0.6 is 0 Å². The van der Waals surface area contributed by atoms with Crippen LogP contribution in [-0.4, -0.2) is 48.6 Å². The second kappa shape index (κ2) is 6.67. The van der Waals surface area contributed by atoms with Gasteiger partial charge in [0, 0.05) is 12.7 Å². The van der Waals surface area contributed by atoms with E-state index in [4.69, 9.17) is 18.9 Å². The average Bonchev–Trinajstić information content (AvgIpc) is 3.04. The molecule has 2 aliphatic heterocycles. The van der Waals surface area contributed by atoms with Gasteiger partial charge in [0.2, 0.25) is 5.90 Å². The number of benzene rings is 1. The Labute approximate surface area is 146 Å². The molecule has 2 N–H and O–H groups in total. The van der Waals surface area contributed by atoms with Crippen molar-refractivity contribution in [3.05, 3.63) is 30.0 Å². The molecule has 0 aliphatic carbocycles. The van der Waals surface area contributed by atoms with E-state index in [0.29, 0.717) is 23.1 Å². The highest BCUT2D eigenvalue weighted by atomic mass is 16.5. The maximum atomic E-state index is 9.96. The predicted octanol–water partition coefficient (Wildman–Crippen LogP) is 2.10. The lowest BCUT2D eigenvalue weighted by atomic mass is 9.91. The number of ether oxygens (including phenoxy) is 4. The molecular weight excluding hydrogens is 326 g/mol. The zero-order valence-electron chi connectivity index (χ0n) is 14.7. The molecule has 3 rings (SSSR count). The van der Waals surface area contributed by atoms with Crippen LogP contribution in [0.4, 0.5) is 5.69 Å². The predicted molar refractivity (Wildman–Crippen MR) is 91.4 cm³/mol. The molecule has 0 saturated carbocycles. The number of aliphatic hydroxyl groups excluding tert-OH is 1. The Bertz CT molecular complexity index is 706. The van der Waals surface area contributed by atoms with E-state index in [1.807, 2.05) is 12.1 Å². The van der Waals surface area contributed by atoms with Crippen LogP contribution in [0, 0.1) is 5.92 Å². The van der Waals surface area contributed by atoms with Crippen LogP contribution in [-0.2, 0) is 9.47 Å². The smallest absolute Gasteiger partial charge is 0.204 e. The third-order valence-electron chi connectivity index (χ3n) is 4.41. The minimum absolute atomic E-state index is 0.0639. The standard InChI is InChI=1S/C18H23NO6/c1-18(2,21)13(20)9-25-12-6-5-10-14(16(12)23-4)19-17-11(7-8-24-17)15(10)22-3/h5-8,11,13,15,20-21H,9H2,1-4H3. The van der Waals surface area contributed by atoms with Crippen molar-refractivity contribution in [2.24, 2.45) is 10.9 Å². The molecule has 7 nitrogen and oxygen atoms in total. The second-order valence-electron chi connectivity index (χ2n) is 6.59. The average molecular weight is 349 g/mol. The van der Waals surface area contributed by atoms with E-state index < -0.39 is 11.7 Å². The summed E-state index contributed by atoms with van der Waals surface area (Å²) in [6, 6.07) is 3.62. The summed E-state index contributed by atoms with van der Waals surface area (Å²) in [7, 11) is 3.16. The molecule has 0 spiro atoms. The van der Waals surface area contributed by atoms with Crippen molar-refractivity contribution >= 4 is 11.6 Å². The third kappa shape index (κ3) is 3.22. The van der Waals surface area contributed by atoms with Crippen LogP contribution in [0.25, 0.3) is 0 Å². The Balaban J connectivity index is 1.94. The van der Waals surface area contributed by atoms with Gasteiger partial charge in [-0.2, -0.15) is 0 Å². The Kier molecular flexibility index (Phi) is 4.73. The van der Waals surface area contributed by atoms with Gasteiger partial charge in [-0.15, -0.1) is 0 Å². The minimum atomic E-state index is -1.26. The number of aliphatic imine (C=N–C) groups is 1. The van der Waals surface area contributed by atoms with Crippen molar-refractivity contribution in [2.45, 2.75) is 31.7 Å². The number of methoxy groups -OCH3 is 2. The van der Waals surface area contributed by atoms with Crippen molar-refractivity contribution in [1.82, 2.24) is 0 Å². The van der Waals surface area contributed by atoms with Gasteiger partial charge in [0.05, 0.1) is 31.0 Å². The number of fused-ring (bicyclic) bond motifs is 2. The molecule has 2 aliphatic rings. The maximum absolute atomic E-state index is 9.96. The normalized spacial score (nSPS) is 22.6. The number of aliphatic hydroxyl groups is 2. The van der Waals surface area contributed by atoms with E-state index in [0.717, 1.165) is 5.56 Å². The number of hydrogen-bond acceptors (Lipinski definition) is 7. The van der Waals surface area contributed by atoms with E-state index in [1.165, 1.54) is 21.0 Å². The van der Waals surface area contributed by atoms with Crippen molar-refractivity contribution < 1.29 is 29.2 Å². The second-order valence-corrected chi connectivity index (χ2v) is 6.59. The quantitative estimate of drug-likeness (QED) is 0.817. The molecule has 0 bridgehead atoms. The van der Waals surface area contributed by atoms with E-state index in [1.54, 1.807) is 19.4 Å². The first-order valence-corrected chi connectivity index (χ1v) is 8.05. The molecule has 0 amide bonds. The summed E-state index contributed by atoms with van der Waals surface area (Å²) in [5.41, 5.74) is 0.192. The maximum Gasteiger partial charge on any atom is 0.204 e. The van der Waals surface area contributed by atoms with E-state index in [9.17, 15) is 10.2 Å². The summed E-state index contributed by atoms with van der Waals surface area (Å²) in [6.45, 7) is 2.96. The van der Waals surface area contributed by atoms with E-state index in [-0.39, 0.29) is 18.6 Å². The van der Waals surface area contributed by atoms with Gasteiger partial charge in [0.1, 0.15) is 18.4 Å². The fraction of sp³-hybridized carbons (Fsp3) is 0.500. The summed E-state index contributed by atoms with van der Waals surface area (Å²) in [5, 5.41) is 19.8. The highest BCUT2D eigenvalue weighted by Gasteiger charge is 2.37. The first-order valence-electron chi connectivity index (χ1n) is 8.05. The van der Waals surface area contributed by atoms with E-state index >= 15 is 0 Å². The number of nitrogens with zero attached hydrogens (tertiary/aromatic N) is 1. The van der Waals surface area contributed by atoms with Crippen LogP contribution < -0.4 is 9.47 Å². The summed E-state index contributed by atoms with van der Waals surface area (Å²) in [6.07, 6.45) is 2.24. The van der Waals surface area contributed by atoms with Crippen molar-refractivity contribution in [3.8, 4) is 11.5 Å². The van der Waals surface area contributed by atoms with Crippen molar-refractivity contribution in [2.75, 3.05) is 20.8 Å². The van der Waals surface area contributed by atoms with Crippen LogP contribution in [0.2, 0.25) is 0 Å². The highest BCUT2D eigenvalue weighted by Crippen LogP contribution is 2.49. The summed E-state index contributed by atoms with van der Waals surface area (Å²) in [4.78, 5) is 4.55. The van der Waals surface area contributed by atoms with Gasteiger partial charge in [-0.1, -0.05) is 6.07 Å². The van der Waals surface area contributed by atoms with Crippen molar-refractivity contribution in [1.29, 1.82) is 0 Å². The Morgan fingerprint density at radius 3 is 2.72 bits per heavy atom. The van der Waals surface area contributed by atoms with Gasteiger partial charge < -0.3 is 29.2 Å². The molecule has 0 radical (unpaired) electrons. The lowest BCUT2D eigenvalue weighted by Gasteiger charge is -2.28. The monoisotopic (exact) mass is 349 g/mol. The molecule has 136 valence electrons. The van der Waals surface area contributed by atoms with Crippen LogP contribution in [0.3, 0.4) is 0 Å². The molecule has 25 heavy (non-hydrogen) atoms. The number of hydrogen-bond donors (Lipinski definition) is 2. The van der Waals surface area contributed by atoms with Gasteiger partial charge in [-0.25, -0.2) is 4.99 Å². The molecule has 0 fully saturated rings. The van der Waals surface area contributed by atoms with Gasteiger partial charge in [0.15, 0.2) is 11.5 Å². The molecule has 0 aromatic heterocycles. The molecule has 0 saturated heterocycles. The topological polar surface area (TPSA) is 89.7 Å². The summed E-state index contributed by atoms with van der Waals surface area (Å²) < 4.78 is 22.2. The zero-order chi connectivity index (χ0) is 18.2. The minimum Gasteiger partial charge on any atom is -0.491 e. The van der Waals surface area contributed by atoms with Crippen LogP contribution in [0.1, 0.15) is 25.5 Å². The zero-order valence-corrected chi connectivity index (χ0v) is 14.7. The SMILES string of the molecule is COc1c(OCC(O)C(C)(C)O)ccc2c1N=C1OC=CC1C2OC.